The third-order valence-corrected chi connectivity index (χ3v) is 5.58. The molecule has 30 heavy (non-hydrogen) atoms. The lowest BCUT2D eigenvalue weighted by Gasteiger charge is -2.32. The lowest BCUT2D eigenvalue weighted by molar-refractivity contribution is -0.120. The van der Waals surface area contributed by atoms with E-state index in [4.69, 9.17) is 26.1 Å². The minimum absolute atomic E-state index is 0.0759. The molecule has 1 fully saturated rings. The molecule has 3 aromatic rings. The number of benzene rings is 2. The average Bonchev–Trinajstić information content (AvgIpc) is 2.79. The Labute approximate surface area is 180 Å². The average molecular weight is 427 g/mol. The van der Waals surface area contributed by atoms with Crippen LogP contribution in [0.5, 0.6) is 11.5 Å². The number of fused-ring (bicyclic) bond motifs is 1. The molecule has 7 nitrogen and oxygen atoms in total. The number of halogens is 1. The largest absolute Gasteiger partial charge is 0.495 e. The Kier molecular flexibility index (Phi) is 5.90. The molecule has 1 aliphatic heterocycles. The molecule has 2 heterocycles. The van der Waals surface area contributed by atoms with E-state index >= 15 is 0 Å². The molecule has 0 saturated carbocycles. The minimum Gasteiger partial charge on any atom is -0.495 e. The maximum absolute atomic E-state index is 13.0. The molecular weight excluding hydrogens is 404 g/mol. The first-order chi connectivity index (χ1) is 14.6. The van der Waals surface area contributed by atoms with Crippen LogP contribution in [-0.4, -0.2) is 43.2 Å². The van der Waals surface area contributed by atoms with Crippen molar-refractivity contribution in [3.8, 4) is 11.5 Å². The lowest BCUT2D eigenvalue weighted by Crippen LogP contribution is -2.41. The molecule has 1 amide bonds. The predicted octanol–water partition coefficient (Wildman–Crippen LogP) is 4.16. The molecule has 0 aliphatic carbocycles. The quantitative estimate of drug-likeness (QED) is 0.660. The summed E-state index contributed by atoms with van der Waals surface area (Å²) >= 11 is 6.22. The van der Waals surface area contributed by atoms with Gasteiger partial charge in [-0.2, -0.15) is 0 Å². The second-order valence-electron chi connectivity index (χ2n) is 7.18. The van der Waals surface area contributed by atoms with Crippen LogP contribution in [0.25, 0.3) is 11.0 Å². The van der Waals surface area contributed by atoms with Crippen LogP contribution in [0.15, 0.2) is 42.6 Å². The van der Waals surface area contributed by atoms with Gasteiger partial charge < -0.3 is 19.7 Å². The maximum Gasteiger partial charge on any atom is 0.229 e. The molecule has 1 N–H and O–H groups in total. The first-order valence-corrected chi connectivity index (χ1v) is 10.2. The number of rotatable bonds is 5. The van der Waals surface area contributed by atoms with Gasteiger partial charge in [0, 0.05) is 19.2 Å². The fourth-order valence-corrected chi connectivity index (χ4v) is 3.93. The predicted molar refractivity (Wildman–Crippen MR) is 118 cm³/mol. The van der Waals surface area contributed by atoms with E-state index in [9.17, 15) is 4.79 Å². The van der Waals surface area contributed by atoms with Gasteiger partial charge in [-0.1, -0.05) is 23.7 Å². The zero-order valence-corrected chi connectivity index (χ0v) is 17.6. The minimum atomic E-state index is -0.183. The molecule has 156 valence electrons. The third-order valence-electron chi connectivity index (χ3n) is 5.28. The molecule has 1 aromatic heterocycles. The van der Waals surface area contributed by atoms with E-state index in [0.29, 0.717) is 28.8 Å². The third kappa shape index (κ3) is 4.11. The number of nitrogens with one attached hydrogen (secondary N) is 1. The summed E-state index contributed by atoms with van der Waals surface area (Å²) in [6, 6.07) is 11.1. The number of carbonyl (C=O) groups excluding carboxylic acids is 1. The van der Waals surface area contributed by atoms with Gasteiger partial charge in [-0.25, -0.2) is 4.98 Å². The number of para-hydroxylation sites is 2. The highest BCUT2D eigenvalue weighted by atomic mass is 35.5. The first kappa shape index (κ1) is 20.2. The summed E-state index contributed by atoms with van der Waals surface area (Å²) in [4.78, 5) is 24.3. The molecule has 1 aliphatic rings. The van der Waals surface area contributed by atoms with Gasteiger partial charge in [-0.15, -0.1) is 0 Å². The van der Waals surface area contributed by atoms with Crippen molar-refractivity contribution in [2.24, 2.45) is 5.92 Å². The number of aromatic nitrogens is 2. The Morgan fingerprint density at radius 1 is 1.17 bits per heavy atom. The van der Waals surface area contributed by atoms with Gasteiger partial charge in [-0.05, 0) is 31.0 Å². The molecular formula is C22H23ClN4O3. The highest BCUT2D eigenvalue weighted by Gasteiger charge is 2.27. The second kappa shape index (κ2) is 8.75. The normalized spacial score (nSPS) is 16.4. The summed E-state index contributed by atoms with van der Waals surface area (Å²) in [5.74, 6) is 1.52. The Morgan fingerprint density at radius 2 is 1.93 bits per heavy atom. The van der Waals surface area contributed by atoms with Crippen LogP contribution >= 0.6 is 11.6 Å². The van der Waals surface area contributed by atoms with E-state index in [-0.39, 0.29) is 11.8 Å². The number of ether oxygens (including phenoxy) is 2. The molecule has 8 heteroatoms. The number of amides is 1. The standard InChI is InChI=1S/C22H23ClN4O3/c1-29-19-11-20(30-2)18(10-15(19)23)26-22(28)14-6-5-9-27(13-14)21-12-24-16-7-3-4-8-17(16)25-21/h3-4,7-8,10-12,14H,5-6,9,13H2,1-2H3,(H,26,28)/t14-/m0/s1. The van der Waals surface area contributed by atoms with Gasteiger partial charge in [0.15, 0.2) is 0 Å². The Morgan fingerprint density at radius 3 is 2.70 bits per heavy atom. The van der Waals surface area contributed by atoms with E-state index in [1.807, 2.05) is 24.3 Å². The van der Waals surface area contributed by atoms with Crippen molar-refractivity contribution in [3.63, 3.8) is 0 Å². The Balaban J connectivity index is 1.50. The zero-order valence-electron chi connectivity index (χ0n) is 16.9. The summed E-state index contributed by atoms with van der Waals surface area (Å²) in [5.41, 5.74) is 2.23. The van der Waals surface area contributed by atoms with E-state index in [2.05, 4.69) is 15.2 Å². The van der Waals surface area contributed by atoms with Crippen molar-refractivity contribution in [3.05, 3.63) is 47.6 Å². The Hall–Kier alpha value is -3.06. The summed E-state index contributed by atoms with van der Waals surface area (Å²) in [6.45, 7) is 1.42. The van der Waals surface area contributed by atoms with Gasteiger partial charge in [0.25, 0.3) is 0 Å². The fourth-order valence-electron chi connectivity index (χ4n) is 3.69. The molecule has 0 radical (unpaired) electrons. The molecule has 4 rings (SSSR count). The molecule has 0 spiro atoms. The molecule has 0 bridgehead atoms. The summed E-state index contributed by atoms with van der Waals surface area (Å²) < 4.78 is 10.6. The summed E-state index contributed by atoms with van der Waals surface area (Å²) in [5, 5.41) is 3.37. The SMILES string of the molecule is COc1cc(OC)c(NC(=O)[C@H]2CCCN(c3cnc4ccccc4n3)C2)cc1Cl. The van der Waals surface area contributed by atoms with E-state index < -0.39 is 0 Å². The van der Waals surface area contributed by atoms with Gasteiger partial charge >= 0.3 is 0 Å². The second-order valence-corrected chi connectivity index (χ2v) is 7.59. The van der Waals surface area contributed by atoms with E-state index in [1.165, 1.54) is 7.11 Å². The number of nitrogens with zero attached hydrogens (tertiary/aromatic N) is 3. The number of hydrogen-bond acceptors (Lipinski definition) is 6. The van der Waals surface area contributed by atoms with Crippen LogP contribution < -0.4 is 19.7 Å². The highest BCUT2D eigenvalue weighted by molar-refractivity contribution is 6.32. The van der Waals surface area contributed by atoms with Crippen LogP contribution in [0.2, 0.25) is 5.02 Å². The van der Waals surface area contributed by atoms with Crippen molar-refractivity contribution in [1.29, 1.82) is 0 Å². The number of piperidine rings is 1. The van der Waals surface area contributed by atoms with Crippen LogP contribution in [0.3, 0.4) is 0 Å². The number of methoxy groups -OCH3 is 2. The highest BCUT2D eigenvalue weighted by Crippen LogP contribution is 2.36. The summed E-state index contributed by atoms with van der Waals surface area (Å²) in [7, 11) is 3.07. The van der Waals surface area contributed by atoms with Gasteiger partial charge in [0.05, 0.1) is 48.1 Å². The van der Waals surface area contributed by atoms with Gasteiger partial charge in [0.2, 0.25) is 5.91 Å². The van der Waals surface area contributed by atoms with Crippen molar-refractivity contribution >= 4 is 40.0 Å². The molecule has 0 unspecified atom stereocenters. The number of carbonyl (C=O) groups is 1. The van der Waals surface area contributed by atoms with Crippen molar-refractivity contribution in [1.82, 2.24) is 9.97 Å². The maximum atomic E-state index is 13.0. The van der Waals surface area contributed by atoms with Gasteiger partial charge in [0.1, 0.15) is 17.3 Å². The summed E-state index contributed by atoms with van der Waals surface area (Å²) in [6.07, 6.45) is 3.47. The molecule has 1 saturated heterocycles. The van der Waals surface area contributed by atoms with Crippen LogP contribution in [0.1, 0.15) is 12.8 Å². The van der Waals surface area contributed by atoms with Crippen molar-refractivity contribution < 1.29 is 14.3 Å². The zero-order chi connectivity index (χ0) is 21.1. The van der Waals surface area contributed by atoms with E-state index in [0.717, 1.165) is 36.2 Å². The monoisotopic (exact) mass is 426 g/mol. The van der Waals surface area contributed by atoms with Crippen LogP contribution in [0.4, 0.5) is 11.5 Å². The van der Waals surface area contributed by atoms with Crippen molar-refractivity contribution in [2.45, 2.75) is 12.8 Å². The topological polar surface area (TPSA) is 76.6 Å². The van der Waals surface area contributed by atoms with Gasteiger partial charge in [-0.3, -0.25) is 9.78 Å². The molecule has 2 aromatic carbocycles. The fraction of sp³-hybridized carbons (Fsp3) is 0.318. The first-order valence-electron chi connectivity index (χ1n) is 9.78. The Bertz CT molecular complexity index is 1080. The van der Waals surface area contributed by atoms with E-state index in [1.54, 1.807) is 25.4 Å². The number of anilines is 2. The lowest BCUT2D eigenvalue weighted by atomic mass is 9.97. The smallest absolute Gasteiger partial charge is 0.229 e. The molecule has 1 atom stereocenters. The van der Waals surface area contributed by atoms with Crippen molar-refractivity contribution in [2.75, 3.05) is 37.5 Å². The number of hydrogen-bond donors (Lipinski definition) is 1. The van der Waals surface area contributed by atoms with Crippen LogP contribution in [0, 0.1) is 5.92 Å². The van der Waals surface area contributed by atoms with Crippen LogP contribution in [-0.2, 0) is 4.79 Å².